The molecule has 0 aromatic heterocycles. The van der Waals surface area contributed by atoms with Crippen molar-refractivity contribution in [2.75, 3.05) is 19.0 Å². The standard InChI is InChI=1S/C19H21NO5/c1-3-25-19(23)16-8-14(12-24-2)9-17(10-16)20-11-13-5-4-6-15(7-13)18(21)22/h4-10,20H,3,11-12H2,1-2H3,(H,21,22). The van der Waals surface area contributed by atoms with E-state index in [1.165, 1.54) is 0 Å². The molecular weight excluding hydrogens is 322 g/mol. The molecule has 0 saturated carbocycles. The number of methoxy groups -OCH3 is 1. The Morgan fingerprint density at radius 3 is 2.52 bits per heavy atom. The van der Waals surface area contributed by atoms with E-state index >= 15 is 0 Å². The molecule has 2 aromatic rings. The summed E-state index contributed by atoms with van der Waals surface area (Å²) in [7, 11) is 1.58. The van der Waals surface area contributed by atoms with E-state index in [1.807, 2.05) is 12.1 Å². The Labute approximate surface area is 146 Å². The number of hydrogen-bond donors (Lipinski definition) is 2. The maximum atomic E-state index is 12.0. The molecule has 0 aliphatic heterocycles. The van der Waals surface area contributed by atoms with Crippen LogP contribution in [0.25, 0.3) is 0 Å². The maximum Gasteiger partial charge on any atom is 0.338 e. The number of nitrogens with one attached hydrogen (secondary N) is 1. The lowest BCUT2D eigenvalue weighted by atomic mass is 10.1. The van der Waals surface area contributed by atoms with Gasteiger partial charge in [0.15, 0.2) is 0 Å². The zero-order valence-electron chi connectivity index (χ0n) is 14.2. The fraction of sp³-hybridized carbons (Fsp3) is 0.263. The minimum absolute atomic E-state index is 0.236. The van der Waals surface area contributed by atoms with E-state index in [0.29, 0.717) is 25.3 Å². The number of carbonyl (C=O) groups excluding carboxylic acids is 1. The van der Waals surface area contributed by atoms with E-state index in [4.69, 9.17) is 14.6 Å². The van der Waals surface area contributed by atoms with Gasteiger partial charge in [-0.2, -0.15) is 0 Å². The third-order valence-corrected chi connectivity index (χ3v) is 3.49. The van der Waals surface area contributed by atoms with Crippen LogP contribution < -0.4 is 5.32 Å². The molecule has 0 fully saturated rings. The zero-order chi connectivity index (χ0) is 18.2. The van der Waals surface area contributed by atoms with Gasteiger partial charge in [0, 0.05) is 19.3 Å². The van der Waals surface area contributed by atoms with E-state index in [2.05, 4.69) is 5.32 Å². The van der Waals surface area contributed by atoms with Crippen molar-refractivity contribution in [2.45, 2.75) is 20.1 Å². The van der Waals surface area contributed by atoms with Gasteiger partial charge in [-0.15, -0.1) is 0 Å². The number of aromatic carboxylic acids is 1. The van der Waals surface area contributed by atoms with Gasteiger partial charge in [-0.25, -0.2) is 9.59 Å². The highest BCUT2D eigenvalue weighted by atomic mass is 16.5. The van der Waals surface area contributed by atoms with E-state index in [-0.39, 0.29) is 5.56 Å². The van der Waals surface area contributed by atoms with Crippen LogP contribution in [0.1, 0.15) is 38.8 Å². The molecule has 0 aliphatic rings. The van der Waals surface area contributed by atoms with Crippen molar-refractivity contribution in [3.63, 3.8) is 0 Å². The lowest BCUT2D eigenvalue weighted by molar-refractivity contribution is 0.0525. The number of carboxylic acids is 1. The van der Waals surface area contributed by atoms with Gasteiger partial charge in [0.05, 0.1) is 24.3 Å². The van der Waals surface area contributed by atoms with Crippen LogP contribution in [0.15, 0.2) is 42.5 Å². The quantitative estimate of drug-likeness (QED) is 0.715. The maximum absolute atomic E-state index is 12.0. The third kappa shape index (κ3) is 5.32. The molecule has 6 heteroatoms. The van der Waals surface area contributed by atoms with Gasteiger partial charge >= 0.3 is 11.9 Å². The number of hydrogen-bond acceptors (Lipinski definition) is 5. The molecule has 25 heavy (non-hydrogen) atoms. The van der Waals surface area contributed by atoms with Crippen LogP contribution in [0, 0.1) is 0 Å². The molecule has 6 nitrogen and oxygen atoms in total. The summed E-state index contributed by atoms with van der Waals surface area (Å²) in [5.74, 6) is -1.36. The van der Waals surface area contributed by atoms with Gasteiger partial charge in [0.2, 0.25) is 0 Å². The van der Waals surface area contributed by atoms with Crippen molar-refractivity contribution < 1.29 is 24.2 Å². The normalized spacial score (nSPS) is 10.3. The highest BCUT2D eigenvalue weighted by Gasteiger charge is 2.10. The zero-order valence-corrected chi connectivity index (χ0v) is 14.2. The first-order chi connectivity index (χ1) is 12.0. The molecule has 0 amide bonds. The molecule has 0 bridgehead atoms. The van der Waals surface area contributed by atoms with Gasteiger partial charge < -0.3 is 19.9 Å². The molecule has 0 aliphatic carbocycles. The van der Waals surface area contributed by atoms with Crippen molar-refractivity contribution in [2.24, 2.45) is 0 Å². The second-order valence-electron chi connectivity index (χ2n) is 5.43. The Balaban J connectivity index is 2.18. The summed E-state index contributed by atoms with van der Waals surface area (Å²) < 4.78 is 10.2. The van der Waals surface area contributed by atoms with E-state index in [1.54, 1.807) is 44.4 Å². The molecule has 2 rings (SSSR count). The number of benzene rings is 2. The Hall–Kier alpha value is -2.86. The average molecular weight is 343 g/mol. The summed E-state index contributed by atoms with van der Waals surface area (Å²) in [6, 6.07) is 12.0. The van der Waals surface area contributed by atoms with Crippen LogP contribution in [-0.4, -0.2) is 30.8 Å². The Morgan fingerprint density at radius 2 is 1.84 bits per heavy atom. The SMILES string of the molecule is CCOC(=O)c1cc(COC)cc(NCc2cccc(C(=O)O)c2)c1. The monoisotopic (exact) mass is 343 g/mol. The number of anilines is 1. The summed E-state index contributed by atoms with van der Waals surface area (Å²) in [6.07, 6.45) is 0. The summed E-state index contributed by atoms with van der Waals surface area (Å²) in [6.45, 7) is 2.86. The second kappa shape index (κ2) is 8.84. The fourth-order valence-electron chi connectivity index (χ4n) is 2.39. The second-order valence-corrected chi connectivity index (χ2v) is 5.43. The highest BCUT2D eigenvalue weighted by molar-refractivity contribution is 5.91. The van der Waals surface area contributed by atoms with Crippen LogP contribution in [0.3, 0.4) is 0 Å². The van der Waals surface area contributed by atoms with Gasteiger partial charge in [0.25, 0.3) is 0 Å². The fourth-order valence-corrected chi connectivity index (χ4v) is 2.39. The molecule has 0 atom stereocenters. The minimum Gasteiger partial charge on any atom is -0.478 e. The van der Waals surface area contributed by atoms with Crippen LogP contribution in [0.2, 0.25) is 0 Å². The molecule has 2 aromatic carbocycles. The van der Waals surface area contributed by atoms with Crippen molar-refractivity contribution >= 4 is 17.6 Å². The molecule has 0 unspecified atom stereocenters. The predicted molar refractivity (Wildman–Crippen MR) is 93.8 cm³/mol. The minimum atomic E-state index is -0.964. The summed E-state index contributed by atoms with van der Waals surface area (Å²) in [5.41, 5.74) is 3.08. The first-order valence-electron chi connectivity index (χ1n) is 7.89. The highest BCUT2D eigenvalue weighted by Crippen LogP contribution is 2.18. The molecule has 0 spiro atoms. The van der Waals surface area contributed by atoms with Crippen molar-refractivity contribution in [1.29, 1.82) is 0 Å². The molecule has 0 radical (unpaired) electrons. The lowest BCUT2D eigenvalue weighted by Gasteiger charge is -2.12. The Bertz CT molecular complexity index is 757. The van der Waals surface area contributed by atoms with Gasteiger partial charge in [-0.3, -0.25) is 0 Å². The predicted octanol–water partition coefficient (Wildman–Crippen LogP) is 3.32. The number of rotatable bonds is 8. The van der Waals surface area contributed by atoms with Crippen molar-refractivity contribution in [1.82, 2.24) is 0 Å². The van der Waals surface area contributed by atoms with Crippen molar-refractivity contribution in [3.05, 3.63) is 64.7 Å². The van der Waals surface area contributed by atoms with Crippen LogP contribution in [0.4, 0.5) is 5.69 Å². The van der Waals surface area contributed by atoms with Crippen LogP contribution in [0.5, 0.6) is 0 Å². The lowest BCUT2D eigenvalue weighted by Crippen LogP contribution is -2.08. The van der Waals surface area contributed by atoms with Crippen LogP contribution in [-0.2, 0) is 22.6 Å². The molecular formula is C19H21NO5. The summed E-state index contributed by atoms with van der Waals surface area (Å²) >= 11 is 0. The smallest absolute Gasteiger partial charge is 0.338 e. The Morgan fingerprint density at radius 1 is 1.08 bits per heavy atom. The number of carbonyl (C=O) groups is 2. The van der Waals surface area contributed by atoms with Gasteiger partial charge in [-0.05, 0) is 48.4 Å². The summed E-state index contributed by atoms with van der Waals surface area (Å²) in [5, 5.41) is 12.3. The molecule has 0 heterocycles. The van der Waals surface area contributed by atoms with Crippen LogP contribution >= 0.6 is 0 Å². The molecule has 132 valence electrons. The van der Waals surface area contributed by atoms with E-state index in [0.717, 1.165) is 16.8 Å². The van der Waals surface area contributed by atoms with Gasteiger partial charge in [-0.1, -0.05) is 12.1 Å². The topological polar surface area (TPSA) is 84.9 Å². The van der Waals surface area contributed by atoms with E-state index in [9.17, 15) is 9.59 Å². The first-order valence-corrected chi connectivity index (χ1v) is 7.89. The number of esters is 1. The van der Waals surface area contributed by atoms with Crippen molar-refractivity contribution in [3.8, 4) is 0 Å². The Kier molecular flexibility index (Phi) is 6.54. The summed E-state index contributed by atoms with van der Waals surface area (Å²) in [4.78, 5) is 23.0. The van der Waals surface area contributed by atoms with Gasteiger partial charge in [0.1, 0.15) is 0 Å². The molecule has 2 N–H and O–H groups in total. The first kappa shape index (κ1) is 18.5. The van der Waals surface area contributed by atoms with E-state index < -0.39 is 11.9 Å². The number of carboxylic acid groups (broad SMARTS) is 1. The number of ether oxygens (including phenoxy) is 2. The average Bonchev–Trinajstić information content (AvgIpc) is 2.60. The largest absolute Gasteiger partial charge is 0.478 e. The third-order valence-electron chi connectivity index (χ3n) is 3.49. The molecule has 0 saturated heterocycles.